The van der Waals surface area contributed by atoms with Gasteiger partial charge >= 0.3 is 17.9 Å². The zero-order valence-corrected chi connectivity index (χ0v) is 20.0. The lowest BCUT2D eigenvalue weighted by Gasteiger charge is -2.24. The molecule has 8 N–H and O–H groups in total. The predicted molar refractivity (Wildman–Crippen MR) is 126 cm³/mol. The highest BCUT2D eigenvalue weighted by atomic mass is 16.4. The van der Waals surface area contributed by atoms with Crippen LogP contribution in [0.15, 0.2) is 30.3 Å². The van der Waals surface area contributed by atoms with E-state index in [0.29, 0.717) is 5.56 Å². The normalized spacial score (nSPS) is 14.1. The predicted octanol–water partition coefficient (Wildman–Crippen LogP) is -0.909. The molecule has 1 aromatic rings. The zero-order chi connectivity index (χ0) is 27.4. The minimum absolute atomic E-state index is 0.0409. The molecule has 0 bridgehead atoms. The topological polar surface area (TPSA) is 225 Å². The van der Waals surface area contributed by atoms with Gasteiger partial charge in [0, 0.05) is 6.42 Å². The molecule has 0 aliphatic carbocycles. The molecule has 4 atom stereocenters. The lowest BCUT2D eigenvalue weighted by molar-refractivity contribution is -0.145. The maximum atomic E-state index is 12.7. The lowest BCUT2D eigenvalue weighted by Crippen LogP contribution is -2.58. The van der Waals surface area contributed by atoms with E-state index < -0.39 is 72.6 Å². The number of aliphatic carboxylic acids is 3. The Morgan fingerprint density at radius 3 is 1.61 bits per heavy atom. The quantitative estimate of drug-likeness (QED) is 0.154. The first-order chi connectivity index (χ1) is 16.8. The minimum Gasteiger partial charge on any atom is -0.481 e. The molecule has 0 radical (unpaired) electrons. The molecule has 1 rings (SSSR count). The summed E-state index contributed by atoms with van der Waals surface area (Å²) in [5.74, 6) is -7.31. The summed E-state index contributed by atoms with van der Waals surface area (Å²) < 4.78 is 0. The van der Waals surface area contributed by atoms with Crippen LogP contribution in [0.25, 0.3) is 0 Å². The van der Waals surface area contributed by atoms with E-state index in [1.54, 1.807) is 30.3 Å². The van der Waals surface area contributed by atoms with Gasteiger partial charge < -0.3 is 37.0 Å². The molecule has 0 heterocycles. The Hall–Kier alpha value is -4.00. The van der Waals surface area contributed by atoms with Crippen LogP contribution in [0, 0.1) is 5.92 Å². The molecule has 4 unspecified atom stereocenters. The third kappa shape index (κ3) is 11.0. The lowest BCUT2D eigenvalue weighted by atomic mass is 10.0. The second-order valence-electron chi connectivity index (χ2n) is 8.64. The van der Waals surface area contributed by atoms with Gasteiger partial charge in [0.1, 0.15) is 18.1 Å². The van der Waals surface area contributed by atoms with E-state index in [1.165, 1.54) is 0 Å². The molecule has 13 nitrogen and oxygen atoms in total. The number of carboxylic acids is 3. The summed E-state index contributed by atoms with van der Waals surface area (Å²) in [6.45, 7) is 3.62. The number of nitrogens with one attached hydrogen (secondary N) is 3. The van der Waals surface area contributed by atoms with Crippen molar-refractivity contribution in [2.45, 2.75) is 63.7 Å². The Bertz CT molecular complexity index is 952. The first kappa shape index (κ1) is 30.0. The number of amides is 3. The van der Waals surface area contributed by atoms with Crippen LogP contribution >= 0.6 is 0 Å². The summed E-state index contributed by atoms with van der Waals surface area (Å²) in [7, 11) is 0. The Kier molecular flexibility index (Phi) is 12.0. The standard InChI is InChI=1S/C23H32N4O9/c1-12(2)8-14(24)20(32)25-15(10-18(28)29)21(33)26-16(11-19(30)31)22(34)27-17(23(35)36)9-13-6-4-3-5-7-13/h3-7,12,14-17H,8-11,24H2,1-2H3,(H,25,32)(H,26,33)(H,27,34)(H,28,29)(H,30,31)(H,35,36). The SMILES string of the molecule is CC(C)CC(N)C(=O)NC(CC(=O)O)C(=O)NC(CC(=O)O)C(=O)NC(Cc1ccccc1)C(=O)O. The van der Waals surface area contributed by atoms with Gasteiger partial charge in [0.05, 0.1) is 18.9 Å². The van der Waals surface area contributed by atoms with Crippen molar-refractivity contribution >= 4 is 35.6 Å². The Morgan fingerprint density at radius 1 is 0.750 bits per heavy atom. The van der Waals surface area contributed by atoms with E-state index in [-0.39, 0.29) is 18.8 Å². The van der Waals surface area contributed by atoms with Gasteiger partial charge in [0.25, 0.3) is 0 Å². The number of benzene rings is 1. The van der Waals surface area contributed by atoms with Crippen molar-refractivity contribution in [3.63, 3.8) is 0 Å². The largest absolute Gasteiger partial charge is 0.481 e. The monoisotopic (exact) mass is 508 g/mol. The van der Waals surface area contributed by atoms with Crippen LogP contribution in [0.5, 0.6) is 0 Å². The van der Waals surface area contributed by atoms with Gasteiger partial charge in [-0.05, 0) is 17.9 Å². The molecule has 0 aliphatic rings. The molecule has 0 fully saturated rings. The summed E-state index contributed by atoms with van der Waals surface area (Å²) in [4.78, 5) is 72.0. The van der Waals surface area contributed by atoms with Gasteiger partial charge in [0.2, 0.25) is 17.7 Å². The number of carbonyl (C=O) groups is 6. The maximum absolute atomic E-state index is 12.7. The number of carbonyl (C=O) groups excluding carboxylic acids is 3. The van der Waals surface area contributed by atoms with Gasteiger partial charge in [0.15, 0.2) is 0 Å². The third-order valence-corrected chi connectivity index (χ3v) is 4.98. The number of carboxylic acid groups (broad SMARTS) is 3. The summed E-state index contributed by atoms with van der Waals surface area (Å²) in [5.41, 5.74) is 6.36. The average molecular weight is 509 g/mol. The Balaban J connectivity index is 3.01. The number of rotatable bonds is 15. The van der Waals surface area contributed by atoms with Crippen LogP contribution in [-0.4, -0.2) is 75.1 Å². The number of hydrogen-bond donors (Lipinski definition) is 7. The van der Waals surface area contributed by atoms with E-state index in [0.717, 1.165) is 0 Å². The number of hydrogen-bond acceptors (Lipinski definition) is 7. The van der Waals surface area contributed by atoms with E-state index in [1.807, 2.05) is 13.8 Å². The summed E-state index contributed by atoms with van der Waals surface area (Å²) in [6.07, 6.45) is -1.63. The molecule has 198 valence electrons. The zero-order valence-electron chi connectivity index (χ0n) is 20.0. The van der Waals surface area contributed by atoms with E-state index in [4.69, 9.17) is 10.8 Å². The third-order valence-electron chi connectivity index (χ3n) is 4.98. The van der Waals surface area contributed by atoms with Crippen LogP contribution in [0.1, 0.15) is 38.7 Å². The van der Waals surface area contributed by atoms with Crippen LogP contribution in [0.4, 0.5) is 0 Å². The van der Waals surface area contributed by atoms with E-state index in [2.05, 4.69) is 16.0 Å². The second kappa shape index (κ2) is 14.4. The van der Waals surface area contributed by atoms with Crippen molar-refractivity contribution in [3.05, 3.63) is 35.9 Å². The van der Waals surface area contributed by atoms with Crippen LogP contribution < -0.4 is 21.7 Å². The molecule has 0 spiro atoms. The van der Waals surface area contributed by atoms with Crippen LogP contribution in [0.3, 0.4) is 0 Å². The van der Waals surface area contributed by atoms with Crippen molar-refractivity contribution in [1.29, 1.82) is 0 Å². The molecule has 3 amide bonds. The van der Waals surface area contributed by atoms with Crippen molar-refractivity contribution in [3.8, 4) is 0 Å². The highest BCUT2D eigenvalue weighted by molar-refractivity contribution is 5.96. The first-order valence-corrected chi connectivity index (χ1v) is 11.2. The molecule has 36 heavy (non-hydrogen) atoms. The molecule has 0 saturated carbocycles. The maximum Gasteiger partial charge on any atom is 0.326 e. The highest BCUT2D eigenvalue weighted by Crippen LogP contribution is 2.07. The second-order valence-corrected chi connectivity index (χ2v) is 8.64. The molecule has 1 aromatic carbocycles. The molecule has 0 aliphatic heterocycles. The Labute approximate surface area is 207 Å². The van der Waals surface area contributed by atoms with Gasteiger partial charge in [-0.1, -0.05) is 44.2 Å². The molecule has 13 heteroatoms. The first-order valence-electron chi connectivity index (χ1n) is 11.2. The van der Waals surface area contributed by atoms with Crippen molar-refractivity contribution in [1.82, 2.24) is 16.0 Å². The van der Waals surface area contributed by atoms with Gasteiger partial charge in [-0.25, -0.2) is 4.79 Å². The number of nitrogens with two attached hydrogens (primary N) is 1. The fourth-order valence-corrected chi connectivity index (χ4v) is 3.26. The highest BCUT2D eigenvalue weighted by Gasteiger charge is 2.32. The summed E-state index contributed by atoms with van der Waals surface area (Å²) >= 11 is 0. The van der Waals surface area contributed by atoms with E-state index in [9.17, 15) is 39.0 Å². The summed E-state index contributed by atoms with van der Waals surface area (Å²) in [6, 6.07) is 2.49. The molecule has 0 saturated heterocycles. The molecular weight excluding hydrogens is 476 g/mol. The fraction of sp³-hybridized carbons (Fsp3) is 0.478. The smallest absolute Gasteiger partial charge is 0.326 e. The average Bonchev–Trinajstić information content (AvgIpc) is 2.77. The van der Waals surface area contributed by atoms with Crippen molar-refractivity contribution in [2.75, 3.05) is 0 Å². The summed E-state index contributed by atoms with van der Waals surface area (Å²) in [5, 5.41) is 34.3. The van der Waals surface area contributed by atoms with Crippen LogP contribution in [-0.2, 0) is 35.2 Å². The fourth-order valence-electron chi connectivity index (χ4n) is 3.26. The molecular formula is C23H32N4O9. The van der Waals surface area contributed by atoms with Gasteiger partial charge in [-0.15, -0.1) is 0 Å². The van der Waals surface area contributed by atoms with Crippen molar-refractivity contribution in [2.24, 2.45) is 11.7 Å². The Morgan fingerprint density at radius 2 is 1.19 bits per heavy atom. The molecule has 0 aromatic heterocycles. The minimum atomic E-state index is -1.75. The van der Waals surface area contributed by atoms with Gasteiger partial charge in [-0.3, -0.25) is 24.0 Å². The van der Waals surface area contributed by atoms with Crippen molar-refractivity contribution < 1.29 is 44.1 Å². The van der Waals surface area contributed by atoms with E-state index >= 15 is 0 Å². The van der Waals surface area contributed by atoms with Gasteiger partial charge in [-0.2, -0.15) is 0 Å². The van der Waals surface area contributed by atoms with Crippen LogP contribution in [0.2, 0.25) is 0 Å².